The molecule has 3 rings (SSSR count). The van der Waals surface area contributed by atoms with Crippen molar-refractivity contribution in [3.05, 3.63) is 70.8 Å². The number of fused-ring (bicyclic) bond motifs is 1. The van der Waals surface area contributed by atoms with Crippen molar-refractivity contribution in [2.45, 2.75) is 12.8 Å². The van der Waals surface area contributed by atoms with E-state index in [1.165, 1.54) is 5.56 Å². The molecule has 3 nitrogen and oxygen atoms in total. The van der Waals surface area contributed by atoms with Crippen LogP contribution in [0.4, 0.5) is 0 Å². The molecule has 1 heterocycles. The summed E-state index contributed by atoms with van der Waals surface area (Å²) in [4.78, 5) is 22.9. The second-order valence-electron chi connectivity index (χ2n) is 4.61. The minimum absolute atomic E-state index is 0.162. The van der Waals surface area contributed by atoms with Gasteiger partial charge in [-0.2, -0.15) is 0 Å². The van der Waals surface area contributed by atoms with Crippen LogP contribution in [-0.2, 0) is 4.74 Å². The zero-order valence-corrected chi connectivity index (χ0v) is 10.4. The van der Waals surface area contributed by atoms with E-state index in [2.05, 4.69) is 11.7 Å². The molecule has 0 saturated carbocycles. The zero-order chi connectivity index (χ0) is 13.4. The van der Waals surface area contributed by atoms with E-state index in [-0.39, 0.29) is 5.92 Å². The number of cyclic esters (lactones) is 2. The number of hydrogen-bond acceptors (Lipinski definition) is 3. The van der Waals surface area contributed by atoms with Gasteiger partial charge in [-0.25, -0.2) is 9.59 Å². The lowest BCUT2D eigenvalue weighted by Crippen LogP contribution is -1.99. The molecular formula is C16H12O3. The summed E-state index contributed by atoms with van der Waals surface area (Å²) in [6.07, 6.45) is 0. The molecule has 0 fully saturated rings. The van der Waals surface area contributed by atoms with Crippen LogP contribution in [0, 0.1) is 0 Å². The summed E-state index contributed by atoms with van der Waals surface area (Å²) in [5, 5.41) is 0. The minimum Gasteiger partial charge on any atom is -0.386 e. The molecule has 1 aliphatic rings. The molecule has 19 heavy (non-hydrogen) atoms. The fraction of sp³-hybridized carbons (Fsp3) is 0.125. The van der Waals surface area contributed by atoms with Crippen LogP contribution in [-0.4, -0.2) is 11.9 Å². The molecule has 1 atom stereocenters. The van der Waals surface area contributed by atoms with Gasteiger partial charge >= 0.3 is 11.9 Å². The Morgan fingerprint density at radius 3 is 2.26 bits per heavy atom. The summed E-state index contributed by atoms with van der Waals surface area (Å²) in [5.74, 6) is -0.948. The van der Waals surface area contributed by atoms with Gasteiger partial charge in [-0.3, -0.25) is 0 Å². The monoisotopic (exact) mass is 252 g/mol. The van der Waals surface area contributed by atoms with E-state index in [0.717, 1.165) is 5.56 Å². The van der Waals surface area contributed by atoms with Crippen LogP contribution in [0.1, 0.15) is 44.7 Å². The van der Waals surface area contributed by atoms with E-state index in [1.807, 2.05) is 36.4 Å². The van der Waals surface area contributed by atoms with Gasteiger partial charge in [0, 0.05) is 5.92 Å². The zero-order valence-electron chi connectivity index (χ0n) is 10.4. The lowest BCUT2D eigenvalue weighted by molar-refractivity contribution is 0.0444. The smallest absolute Gasteiger partial charge is 0.346 e. The van der Waals surface area contributed by atoms with Crippen molar-refractivity contribution < 1.29 is 14.3 Å². The molecule has 0 radical (unpaired) electrons. The van der Waals surface area contributed by atoms with E-state index in [0.29, 0.717) is 11.1 Å². The standard InChI is InChI=1S/C16H12O3/c1-10(11-5-3-2-4-6-11)12-7-8-13-14(9-12)16(18)19-15(13)17/h2-10H,1H3. The summed E-state index contributed by atoms with van der Waals surface area (Å²) in [6.45, 7) is 2.07. The average molecular weight is 252 g/mol. The topological polar surface area (TPSA) is 43.4 Å². The highest BCUT2D eigenvalue weighted by atomic mass is 16.6. The molecular weight excluding hydrogens is 240 g/mol. The first kappa shape index (κ1) is 11.7. The predicted octanol–water partition coefficient (Wildman–Crippen LogP) is 3.15. The number of ether oxygens (including phenoxy) is 1. The summed E-state index contributed by atoms with van der Waals surface area (Å²) >= 11 is 0. The van der Waals surface area contributed by atoms with Crippen molar-refractivity contribution in [1.82, 2.24) is 0 Å². The van der Waals surface area contributed by atoms with Crippen molar-refractivity contribution in [3.8, 4) is 0 Å². The van der Waals surface area contributed by atoms with Crippen LogP contribution < -0.4 is 0 Å². The van der Waals surface area contributed by atoms with Crippen LogP contribution in [0.2, 0.25) is 0 Å². The molecule has 1 unspecified atom stereocenters. The first-order valence-corrected chi connectivity index (χ1v) is 6.12. The van der Waals surface area contributed by atoms with Crippen LogP contribution in [0.5, 0.6) is 0 Å². The predicted molar refractivity (Wildman–Crippen MR) is 70.1 cm³/mol. The molecule has 2 aromatic rings. The Hall–Kier alpha value is -2.42. The van der Waals surface area contributed by atoms with Crippen molar-refractivity contribution >= 4 is 11.9 Å². The lowest BCUT2D eigenvalue weighted by Gasteiger charge is -2.12. The highest BCUT2D eigenvalue weighted by Crippen LogP contribution is 2.28. The van der Waals surface area contributed by atoms with Gasteiger partial charge in [0.15, 0.2) is 0 Å². The molecule has 0 amide bonds. The molecule has 94 valence electrons. The number of carbonyl (C=O) groups excluding carboxylic acids is 2. The maximum atomic E-state index is 11.5. The highest BCUT2D eigenvalue weighted by Gasteiger charge is 2.30. The van der Waals surface area contributed by atoms with Gasteiger partial charge in [0.2, 0.25) is 0 Å². The summed E-state index contributed by atoms with van der Waals surface area (Å²) in [7, 11) is 0. The summed E-state index contributed by atoms with van der Waals surface area (Å²) in [5.41, 5.74) is 2.89. The Kier molecular flexibility index (Phi) is 2.67. The van der Waals surface area contributed by atoms with Crippen LogP contribution >= 0.6 is 0 Å². The number of benzene rings is 2. The molecule has 0 spiro atoms. The van der Waals surface area contributed by atoms with Crippen molar-refractivity contribution in [2.24, 2.45) is 0 Å². The van der Waals surface area contributed by atoms with Gasteiger partial charge < -0.3 is 4.74 Å². The first-order chi connectivity index (χ1) is 9.16. The quantitative estimate of drug-likeness (QED) is 0.609. The van der Waals surface area contributed by atoms with Crippen molar-refractivity contribution in [1.29, 1.82) is 0 Å². The second kappa shape index (κ2) is 4.35. The molecule has 3 heteroatoms. The SMILES string of the molecule is CC(c1ccccc1)c1ccc2c(c1)C(=O)OC2=O. The molecule has 2 aromatic carbocycles. The second-order valence-corrected chi connectivity index (χ2v) is 4.61. The van der Waals surface area contributed by atoms with Gasteiger partial charge in [0.25, 0.3) is 0 Å². The summed E-state index contributed by atoms with van der Waals surface area (Å²) in [6, 6.07) is 15.3. The van der Waals surface area contributed by atoms with E-state index < -0.39 is 11.9 Å². The molecule has 0 aromatic heterocycles. The maximum Gasteiger partial charge on any atom is 0.346 e. The normalized spacial score (nSPS) is 15.0. The van der Waals surface area contributed by atoms with E-state index in [1.54, 1.807) is 12.1 Å². The third-order valence-electron chi connectivity index (χ3n) is 3.47. The third-order valence-corrected chi connectivity index (χ3v) is 3.47. The van der Waals surface area contributed by atoms with Gasteiger partial charge in [-0.15, -0.1) is 0 Å². The maximum absolute atomic E-state index is 11.5. The van der Waals surface area contributed by atoms with Crippen molar-refractivity contribution in [3.63, 3.8) is 0 Å². The third kappa shape index (κ3) is 1.93. The number of esters is 2. The number of rotatable bonds is 2. The Bertz CT molecular complexity index is 659. The largest absolute Gasteiger partial charge is 0.386 e. The fourth-order valence-electron chi connectivity index (χ4n) is 2.31. The van der Waals surface area contributed by atoms with Gasteiger partial charge in [0.05, 0.1) is 11.1 Å². The minimum atomic E-state index is -0.557. The average Bonchev–Trinajstić information content (AvgIpc) is 2.74. The van der Waals surface area contributed by atoms with E-state index >= 15 is 0 Å². The number of hydrogen-bond donors (Lipinski definition) is 0. The summed E-state index contributed by atoms with van der Waals surface area (Å²) < 4.78 is 4.59. The first-order valence-electron chi connectivity index (χ1n) is 6.12. The van der Waals surface area contributed by atoms with Crippen LogP contribution in [0.25, 0.3) is 0 Å². The molecule has 0 aliphatic carbocycles. The fourth-order valence-corrected chi connectivity index (χ4v) is 2.31. The lowest BCUT2D eigenvalue weighted by atomic mass is 9.91. The van der Waals surface area contributed by atoms with E-state index in [9.17, 15) is 9.59 Å². The van der Waals surface area contributed by atoms with Gasteiger partial charge in [-0.05, 0) is 23.3 Å². The highest BCUT2D eigenvalue weighted by molar-refractivity contribution is 6.14. The molecule has 0 N–H and O–H groups in total. The van der Waals surface area contributed by atoms with Gasteiger partial charge in [0.1, 0.15) is 0 Å². The van der Waals surface area contributed by atoms with Crippen LogP contribution in [0.3, 0.4) is 0 Å². The number of carbonyl (C=O) groups is 2. The Balaban J connectivity index is 2.02. The van der Waals surface area contributed by atoms with Crippen molar-refractivity contribution in [2.75, 3.05) is 0 Å². The molecule has 0 saturated heterocycles. The Morgan fingerprint density at radius 2 is 1.53 bits per heavy atom. The molecule has 1 aliphatic heterocycles. The Labute approximate surface area is 110 Å². The Morgan fingerprint density at radius 1 is 0.842 bits per heavy atom. The van der Waals surface area contributed by atoms with Crippen LogP contribution in [0.15, 0.2) is 48.5 Å². The van der Waals surface area contributed by atoms with E-state index in [4.69, 9.17) is 0 Å². The molecule has 0 bridgehead atoms. The van der Waals surface area contributed by atoms with Gasteiger partial charge in [-0.1, -0.05) is 43.3 Å².